The van der Waals surface area contributed by atoms with Gasteiger partial charge in [0.25, 0.3) is 0 Å². The predicted molar refractivity (Wildman–Crippen MR) is 74.8 cm³/mol. The van der Waals surface area contributed by atoms with Crippen molar-refractivity contribution in [2.24, 2.45) is 0 Å². The quantitative estimate of drug-likeness (QED) is 0.806. The fourth-order valence-electron chi connectivity index (χ4n) is 2.13. The van der Waals surface area contributed by atoms with E-state index in [1.54, 1.807) is 18.2 Å². The first-order valence-electron chi connectivity index (χ1n) is 6.51. The molecule has 0 bridgehead atoms. The van der Waals surface area contributed by atoms with Crippen molar-refractivity contribution in [3.63, 3.8) is 0 Å². The summed E-state index contributed by atoms with van der Waals surface area (Å²) >= 11 is 0. The van der Waals surface area contributed by atoms with Crippen LogP contribution in [0.1, 0.15) is 0 Å². The summed E-state index contributed by atoms with van der Waals surface area (Å²) in [5.74, 6) is -0.114. The van der Waals surface area contributed by atoms with Crippen LogP contribution in [0.4, 0.5) is 4.39 Å². The monoisotopic (exact) mass is 302 g/mol. The number of benzene rings is 1. The minimum absolute atomic E-state index is 0.252. The Morgan fingerprint density at radius 2 is 1.85 bits per heavy atom. The number of hydrogen-bond acceptors (Lipinski definition) is 4. The van der Waals surface area contributed by atoms with E-state index in [-0.39, 0.29) is 11.6 Å². The lowest BCUT2D eigenvalue weighted by Gasteiger charge is -2.33. The third-order valence-corrected chi connectivity index (χ3v) is 4.61. The fourth-order valence-corrected chi connectivity index (χ4v) is 2.96. The van der Waals surface area contributed by atoms with E-state index in [2.05, 4.69) is 4.90 Å². The molecule has 0 amide bonds. The molecular weight excluding hydrogens is 283 g/mol. The standard InChI is InChI=1S/C13H19FN2O3S/c1-20(17,18)16-8-6-15(7-9-16)10-11-19-13-5-3-2-4-12(13)14/h2-5H,6-11H2,1H3. The van der Waals surface area contributed by atoms with Crippen LogP contribution in [-0.2, 0) is 10.0 Å². The molecule has 1 aliphatic rings. The van der Waals surface area contributed by atoms with Gasteiger partial charge in [-0.1, -0.05) is 12.1 Å². The Bertz CT molecular complexity index is 542. The van der Waals surface area contributed by atoms with Gasteiger partial charge in [0.1, 0.15) is 6.61 Å². The lowest BCUT2D eigenvalue weighted by Crippen LogP contribution is -2.49. The van der Waals surface area contributed by atoms with Crippen molar-refractivity contribution in [1.29, 1.82) is 0 Å². The largest absolute Gasteiger partial charge is 0.489 e. The number of piperazine rings is 1. The van der Waals surface area contributed by atoms with Gasteiger partial charge in [-0.3, -0.25) is 4.90 Å². The van der Waals surface area contributed by atoms with Crippen molar-refractivity contribution in [3.8, 4) is 5.75 Å². The number of rotatable bonds is 5. The summed E-state index contributed by atoms with van der Waals surface area (Å²) in [5.41, 5.74) is 0. The van der Waals surface area contributed by atoms with Crippen LogP contribution in [0.25, 0.3) is 0 Å². The number of halogens is 1. The van der Waals surface area contributed by atoms with Gasteiger partial charge in [0, 0.05) is 32.7 Å². The lowest BCUT2D eigenvalue weighted by atomic mass is 10.3. The van der Waals surface area contributed by atoms with Crippen molar-refractivity contribution < 1.29 is 17.5 Å². The molecule has 0 saturated carbocycles. The molecule has 1 aromatic rings. The highest BCUT2D eigenvalue weighted by molar-refractivity contribution is 7.88. The van der Waals surface area contributed by atoms with Crippen LogP contribution in [-0.4, -0.2) is 63.2 Å². The number of ether oxygens (including phenoxy) is 1. The topological polar surface area (TPSA) is 49.9 Å². The number of para-hydroxylation sites is 1. The summed E-state index contributed by atoms with van der Waals surface area (Å²) in [5, 5.41) is 0. The van der Waals surface area contributed by atoms with Crippen LogP contribution in [0.3, 0.4) is 0 Å². The molecule has 0 radical (unpaired) electrons. The van der Waals surface area contributed by atoms with E-state index in [1.165, 1.54) is 16.6 Å². The molecule has 20 heavy (non-hydrogen) atoms. The molecule has 0 N–H and O–H groups in total. The normalized spacial score (nSPS) is 18.1. The molecule has 7 heteroatoms. The molecule has 1 fully saturated rings. The maximum Gasteiger partial charge on any atom is 0.211 e. The Kier molecular flexibility index (Phi) is 4.95. The number of hydrogen-bond donors (Lipinski definition) is 0. The Hall–Kier alpha value is -1.18. The predicted octanol–water partition coefficient (Wildman–Crippen LogP) is 0.782. The maximum atomic E-state index is 13.3. The summed E-state index contributed by atoms with van der Waals surface area (Å²) in [6.07, 6.45) is 1.23. The second-order valence-electron chi connectivity index (χ2n) is 4.78. The van der Waals surface area contributed by atoms with Gasteiger partial charge in [-0.25, -0.2) is 12.8 Å². The van der Waals surface area contributed by atoms with E-state index in [9.17, 15) is 12.8 Å². The van der Waals surface area contributed by atoms with Crippen molar-refractivity contribution in [1.82, 2.24) is 9.21 Å². The zero-order chi connectivity index (χ0) is 14.6. The van der Waals surface area contributed by atoms with Gasteiger partial charge >= 0.3 is 0 Å². The van der Waals surface area contributed by atoms with Crippen molar-refractivity contribution in [2.45, 2.75) is 0 Å². The molecule has 1 aromatic carbocycles. The lowest BCUT2D eigenvalue weighted by molar-refractivity contribution is 0.157. The average molecular weight is 302 g/mol. The van der Waals surface area contributed by atoms with E-state index >= 15 is 0 Å². The van der Waals surface area contributed by atoms with Crippen LogP contribution in [0.15, 0.2) is 24.3 Å². The highest BCUT2D eigenvalue weighted by Crippen LogP contribution is 2.15. The molecule has 112 valence electrons. The van der Waals surface area contributed by atoms with E-state index in [1.807, 2.05) is 0 Å². The smallest absolute Gasteiger partial charge is 0.211 e. The minimum Gasteiger partial charge on any atom is -0.489 e. The Morgan fingerprint density at radius 3 is 2.45 bits per heavy atom. The highest BCUT2D eigenvalue weighted by Gasteiger charge is 2.22. The van der Waals surface area contributed by atoms with E-state index in [4.69, 9.17) is 4.74 Å². The van der Waals surface area contributed by atoms with Crippen LogP contribution in [0.5, 0.6) is 5.75 Å². The first-order chi connectivity index (χ1) is 9.47. The van der Waals surface area contributed by atoms with Crippen molar-refractivity contribution in [2.75, 3.05) is 45.6 Å². The molecule has 5 nitrogen and oxygen atoms in total. The van der Waals surface area contributed by atoms with E-state index in [0.29, 0.717) is 39.3 Å². The van der Waals surface area contributed by atoms with Gasteiger partial charge in [-0.15, -0.1) is 0 Å². The van der Waals surface area contributed by atoms with Crippen LogP contribution in [0.2, 0.25) is 0 Å². The van der Waals surface area contributed by atoms with Gasteiger partial charge in [0.15, 0.2) is 11.6 Å². The third-order valence-electron chi connectivity index (χ3n) is 3.30. The number of sulfonamides is 1. The Labute approximate surface area is 119 Å². The van der Waals surface area contributed by atoms with E-state index < -0.39 is 10.0 Å². The molecule has 0 spiro atoms. The average Bonchev–Trinajstić information content (AvgIpc) is 2.40. The second-order valence-corrected chi connectivity index (χ2v) is 6.77. The second kappa shape index (κ2) is 6.51. The van der Waals surface area contributed by atoms with Crippen molar-refractivity contribution in [3.05, 3.63) is 30.1 Å². The van der Waals surface area contributed by atoms with Crippen LogP contribution >= 0.6 is 0 Å². The van der Waals surface area contributed by atoms with Crippen molar-refractivity contribution >= 4 is 10.0 Å². The van der Waals surface area contributed by atoms with Gasteiger partial charge in [0.05, 0.1) is 6.26 Å². The maximum absolute atomic E-state index is 13.3. The third kappa shape index (κ3) is 4.16. The molecule has 2 rings (SSSR count). The molecule has 1 saturated heterocycles. The van der Waals surface area contributed by atoms with Crippen LogP contribution < -0.4 is 4.74 Å². The van der Waals surface area contributed by atoms with Crippen LogP contribution in [0, 0.1) is 5.82 Å². The minimum atomic E-state index is -3.09. The van der Waals surface area contributed by atoms with Gasteiger partial charge in [0.2, 0.25) is 10.0 Å². The molecule has 0 aliphatic carbocycles. The molecule has 0 aromatic heterocycles. The summed E-state index contributed by atoms with van der Waals surface area (Å²) < 4.78 is 42.9. The Balaban J connectivity index is 1.73. The summed E-state index contributed by atoms with van der Waals surface area (Å²) in [6, 6.07) is 6.30. The summed E-state index contributed by atoms with van der Waals surface area (Å²) in [4.78, 5) is 2.11. The highest BCUT2D eigenvalue weighted by atomic mass is 32.2. The molecule has 0 unspecified atom stereocenters. The van der Waals surface area contributed by atoms with E-state index in [0.717, 1.165) is 0 Å². The zero-order valence-electron chi connectivity index (χ0n) is 11.5. The number of nitrogens with zero attached hydrogens (tertiary/aromatic N) is 2. The van der Waals surface area contributed by atoms with Gasteiger partial charge < -0.3 is 4.74 Å². The molecule has 0 atom stereocenters. The first kappa shape index (κ1) is 15.2. The first-order valence-corrected chi connectivity index (χ1v) is 8.36. The molecule has 1 heterocycles. The molecule has 1 aliphatic heterocycles. The summed E-state index contributed by atoms with van der Waals surface area (Å²) in [7, 11) is -3.09. The molecular formula is C13H19FN2O3S. The Morgan fingerprint density at radius 1 is 1.20 bits per heavy atom. The zero-order valence-corrected chi connectivity index (χ0v) is 12.3. The fraction of sp³-hybridized carbons (Fsp3) is 0.538. The summed E-state index contributed by atoms with van der Waals surface area (Å²) in [6.45, 7) is 3.39. The van der Waals surface area contributed by atoms with Gasteiger partial charge in [-0.05, 0) is 12.1 Å². The SMILES string of the molecule is CS(=O)(=O)N1CCN(CCOc2ccccc2F)CC1. The van der Waals surface area contributed by atoms with Gasteiger partial charge in [-0.2, -0.15) is 4.31 Å².